The molecule has 2 aromatic carbocycles. The number of nitrogens with zero attached hydrogens (tertiary/aromatic N) is 5. The highest BCUT2D eigenvalue weighted by Crippen LogP contribution is 2.34. The van der Waals surface area contributed by atoms with Gasteiger partial charge in [-0.3, -0.25) is 14.9 Å². The van der Waals surface area contributed by atoms with Gasteiger partial charge >= 0.3 is 0 Å². The van der Waals surface area contributed by atoms with Gasteiger partial charge in [0.2, 0.25) is 0 Å². The summed E-state index contributed by atoms with van der Waals surface area (Å²) >= 11 is 13.2. The zero-order chi connectivity index (χ0) is 21.1. The van der Waals surface area contributed by atoms with E-state index < -0.39 is 4.92 Å². The molecule has 0 radical (unpaired) electrons. The number of aromatic nitrogens is 3. The number of aryl methyl sites for hydroxylation is 1. The zero-order valence-corrected chi connectivity index (χ0v) is 17.7. The van der Waals surface area contributed by atoms with Crippen molar-refractivity contribution in [2.24, 2.45) is 7.05 Å². The van der Waals surface area contributed by atoms with Crippen LogP contribution >= 0.6 is 35.0 Å². The van der Waals surface area contributed by atoms with Crippen molar-refractivity contribution in [3.8, 4) is 0 Å². The average Bonchev–Trinajstić information content (AvgIpc) is 3.08. The van der Waals surface area contributed by atoms with Crippen LogP contribution in [0.15, 0.2) is 52.8 Å². The summed E-state index contributed by atoms with van der Waals surface area (Å²) in [7, 11) is 3.34. The third-order valence-corrected chi connectivity index (χ3v) is 5.75. The van der Waals surface area contributed by atoms with Crippen molar-refractivity contribution in [2.75, 3.05) is 7.05 Å². The normalized spacial score (nSPS) is 10.8. The Balaban J connectivity index is 1.84. The van der Waals surface area contributed by atoms with Crippen LogP contribution < -0.4 is 0 Å². The van der Waals surface area contributed by atoms with E-state index in [9.17, 15) is 14.9 Å². The van der Waals surface area contributed by atoms with Crippen LogP contribution in [0.4, 0.5) is 5.69 Å². The summed E-state index contributed by atoms with van der Waals surface area (Å²) in [4.78, 5) is 25.6. The number of carbonyl (C=O) groups excluding carboxylic acids is 1. The maximum Gasteiger partial charge on any atom is 0.284 e. The molecule has 0 aliphatic rings. The highest BCUT2D eigenvalue weighted by atomic mass is 35.5. The third-order valence-electron chi connectivity index (χ3n) is 4.04. The fourth-order valence-electron chi connectivity index (χ4n) is 2.54. The van der Waals surface area contributed by atoms with Crippen molar-refractivity contribution in [1.82, 2.24) is 19.7 Å². The smallest absolute Gasteiger partial charge is 0.284 e. The van der Waals surface area contributed by atoms with E-state index in [0.29, 0.717) is 20.1 Å². The van der Waals surface area contributed by atoms with Gasteiger partial charge in [-0.05, 0) is 41.6 Å². The van der Waals surface area contributed by atoms with Gasteiger partial charge in [-0.2, -0.15) is 0 Å². The van der Waals surface area contributed by atoms with E-state index in [1.54, 1.807) is 42.9 Å². The van der Waals surface area contributed by atoms with Crippen LogP contribution in [0.3, 0.4) is 0 Å². The predicted molar refractivity (Wildman–Crippen MR) is 110 cm³/mol. The molecule has 0 saturated heterocycles. The van der Waals surface area contributed by atoms with Gasteiger partial charge in [0.1, 0.15) is 6.33 Å². The van der Waals surface area contributed by atoms with Crippen LogP contribution in [-0.2, 0) is 13.6 Å². The second kappa shape index (κ2) is 8.81. The summed E-state index contributed by atoms with van der Waals surface area (Å²) in [6.45, 7) is 0.234. The van der Waals surface area contributed by atoms with Gasteiger partial charge in [-0.1, -0.05) is 29.3 Å². The number of halogens is 2. The maximum absolute atomic E-state index is 12.8. The van der Waals surface area contributed by atoms with Crippen LogP contribution in [0.1, 0.15) is 15.9 Å². The minimum Gasteiger partial charge on any atom is -0.337 e. The van der Waals surface area contributed by atoms with E-state index in [0.717, 1.165) is 17.3 Å². The van der Waals surface area contributed by atoms with Gasteiger partial charge in [-0.15, -0.1) is 10.2 Å². The molecule has 0 bridgehead atoms. The molecule has 0 saturated carbocycles. The first-order valence-corrected chi connectivity index (χ1v) is 9.83. The highest BCUT2D eigenvalue weighted by Gasteiger charge is 2.22. The Hall–Kier alpha value is -2.62. The maximum atomic E-state index is 12.8. The Morgan fingerprint density at radius 3 is 2.66 bits per heavy atom. The molecule has 3 rings (SSSR count). The summed E-state index contributed by atoms with van der Waals surface area (Å²) in [5, 5.41) is 20.7. The number of hydrogen-bond acceptors (Lipinski definition) is 6. The zero-order valence-electron chi connectivity index (χ0n) is 15.4. The first-order chi connectivity index (χ1) is 13.8. The molecule has 0 aliphatic heterocycles. The van der Waals surface area contributed by atoms with Gasteiger partial charge in [0.05, 0.1) is 9.82 Å². The Morgan fingerprint density at radius 2 is 2.03 bits per heavy atom. The van der Waals surface area contributed by atoms with E-state index >= 15 is 0 Å². The van der Waals surface area contributed by atoms with Crippen molar-refractivity contribution in [3.63, 3.8) is 0 Å². The second-order valence-electron chi connectivity index (χ2n) is 6.16. The standard InChI is InChI=1S/C18H15Cl2N5O3S/c1-23(9-12-3-5-13(19)8-14(12)20)17(26)11-4-6-16(15(7-11)25(27)28)29-18-22-21-10-24(18)2/h3-8,10H,9H2,1-2H3. The molecule has 0 fully saturated rings. The van der Waals surface area contributed by atoms with Crippen LogP contribution in [0.25, 0.3) is 0 Å². The molecule has 0 atom stereocenters. The van der Waals surface area contributed by atoms with Gasteiger partial charge < -0.3 is 9.47 Å². The number of rotatable bonds is 6. The van der Waals surface area contributed by atoms with E-state index in [1.807, 2.05) is 0 Å². The molecule has 3 aromatic rings. The molecule has 8 nitrogen and oxygen atoms in total. The number of nitro groups is 1. The quantitative estimate of drug-likeness (QED) is 0.405. The topological polar surface area (TPSA) is 94.2 Å². The molecular weight excluding hydrogens is 437 g/mol. The summed E-state index contributed by atoms with van der Waals surface area (Å²) < 4.78 is 1.65. The van der Waals surface area contributed by atoms with Crippen molar-refractivity contribution in [2.45, 2.75) is 16.6 Å². The molecule has 0 aliphatic carbocycles. The number of carbonyl (C=O) groups is 1. The molecule has 1 aromatic heterocycles. The van der Waals surface area contributed by atoms with Gasteiger partial charge in [0.15, 0.2) is 5.16 Å². The number of amides is 1. The molecule has 11 heteroatoms. The largest absolute Gasteiger partial charge is 0.337 e. The van der Waals surface area contributed by atoms with Crippen LogP contribution in [0.5, 0.6) is 0 Å². The summed E-state index contributed by atoms with van der Waals surface area (Å²) in [6.07, 6.45) is 1.50. The molecular formula is C18H15Cl2N5O3S. The Kier molecular flexibility index (Phi) is 6.41. The van der Waals surface area contributed by atoms with Gasteiger partial charge in [-0.25, -0.2) is 0 Å². The lowest BCUT2D eigenvalue weighted by molar-refractivity contribution is -0.387. The van der Waals surface area contributed by atoms with Crippen LogP contribution in [0.2, 0.25) is 10.0 Å². The minimum absolute atomic E-state index is 0.179. The first kappa shape index (κ1) is 21.1. The first-order valence-electron chi connectivity index (χ1n) is 8.26. The van der Waals surface area contributed by atoms with E-state index in [4.69, 9.17) is 23.2 Å². The minimum atomic E-state index is -0.522. The summed E-state index contributed by atoms with van der Waals surface area (Å²) in [6, 6.07) is 9.37. The Bertz CT molecular complexity index is 1090. The fourth-order valence-corrected chi connectivity index (χ4v) is 3.86. The highest BCUT2D eigenvalue weighted by molar-refractivity contribution is 7.99. The molecule has 29 heavy (non-hydrogen) atoms. The number of hydrogen-bond donors (Lipinski definition) is 0. The summed E-state index contributed by atoms with van der Waals surface area (Å²) in [5.41, 5.74) is 0.740. The SMILES string of the molecule is CN(Cc1ccc(Cl)cc1Cl)C(=O)c1ccc(Sc2nncn2C)c([N+](=O)[O-])c1. The summed E-state index contributed by atoms with van der Waals surface area (Å²) in [5.74, 6) is -0.366. The Morgan fingerprint density at radius 1 is 1.28 bits per heavy atom. The van der Waals surface area contributed by atoms with Gasteiger partial charge in [0.25, 0.3) is 11.6 Å². The van der Waals surface area contributed by atoms with E-state index in [2.05, 4.69) is 10.2 Å². The van der Waals surface area contributed by atoms with Crippen molar-refractivity contribution < 1.29 is 9.72 Å². The third kappa shape index (κ3) is 4.87. The fraction of sp³-hybridized carbons (Fsp3) is 0.167. The lowest BCUT2D eigenvalue weighted by Gasteiger charge is -2.18. The molecule has 1 heterocycles. The molecule has 0 N–H and O–H groups in total. The number of nitro benzene ring substituents is 1. The lowest BCUT2D eigenvalue weighted by Crippen LogP contribution is -2.26. The molecule has 150 valence electrons. The van der Waals surface area contributed by atoms with Gasteiger partial charge in [0, 0.05) is 42.3 Å². The van der Waals surface area contributed by atoms with E-state index in [-0.39, 0.29) is 23.7 Å². The van der Waals surface area contributed by atoms with Crippen LogP contribution in [0, 0.1) is 10.1 Å². The van der Waals surface area contributed by atoms with Crippen molar-refractivity contribution in [3.05, 3.63) is 74.0 Å². The monoisotopic (exact) mass is 451 g/mol. The van der Waals surface area contributed by atoms with Crippen molar-refractivity contribution in [1.29, 1.82) is 0 Å². The Labute approximate surface area is 180 Å². The predicted octanol–water partition coefficient (Wildman–Crippen LogP) is 4.45. The molecule has 0 unspecified atom stereocenters. The molecule has 0 spiro atoms. The number of benzene rings is 2. The van der Waals surface area contributed by atoms with E-state index in [1.165, 1.54) is 23.4 Å². The van der Waals surface area contributed by atoms with Crippen LogP contribution in [-0.4, -0.2) is 37.5 Å². The average molecular weight is 452 g/mol. The second-order valence-corrected chi connectivity index (χ2v) is 8.02. The molecule has 1 amide bonds. The van der Waals surface area contributed by atoms with Crippen molar-refractivity contribution >= 4 is 46.6 Å². The lowest BCUT2D eigenvalue weighted by atomic mass is 10.1.